The Morgan fingerprint density at radius 2 is 2.29 bits per heavy atom. The second-order valence-corrected chi connectivity index (χ2v) is 7.27. The molecule has 1 fully saturated rings. The van der Waals surface area contributed by atoms with Gasteiger partial charge in [-0.1, -0.05) is 6.58 Å². The third kappa shape index (κ3) is 5.14. The Balaban J connectivity index is 1.83. The summed E-state index contributed by atoms with van der Waals surface area (Å²) in [5, 5.41) is 3.18. The quantitative estimate of drug-likeness (QED) is 0.658. The normalized spacial score (nSPS) is 18.7. The van der Waals surface area contributed by atoms with Crippen molar-refractivity contribution in [2.24, 2.45) is 16.6 Å². The molecule has 0 bridgehead atoms. The van der Waals surface area contributed by atoms with Gasteiger partial charge in [-0.2, -0.15) is 0 Å². The topological polar surface area (TPSA) is 104 Å². The largest absolute Gasteiger partial charge is 0.494 e. The van der Waals surface area contributed by atoms with Crippen LogP contribution in [0, 0.1) is 12.8 Å². The monoisotopic (exact) mass is 423 g/mol. The van der Waals surface area contributed by atoms with E-state index in [1.54, 1.807) is 20.4 Å². The predicted molar refractivity (Wildman–Crippen MR) is 121 cm³/mol. The van der Waals surface area contributed by atoms with Crippen molar-refractivity contribution in [3.05, 3.63) is 60.6 Å². The number of nitrogens with one attached hydrogen (secondary N) is 1. The van der Waals surface area contributed by atoms with E-state index in [0.29, 0.717) is 30.3 Å². The van der Waals surface area contributed by atoms with Crippen molar-refractivity contribution in [2.45, 2.75) is 33.1 Å². The maximum Gasteiger partial charge on any atom is 0.315 e. The molecule has 0 amide bonds. The SMILES string of the molecule is C=C(/N=C1\C(=C/N)CCCC1C(=O)OCC)Nc1ccc(-n2cnc(C)c2)c(OC)c1. The number of anilines is 1. The van der Waals surface area contributed by atoms with Gasteiger partial charge in [-0.15, -0.1) is 0 Å². The van der Waals surface area contributed by atoms with Gasteiger partial charge in [-0.3, -0.25) is 4.79 Å². The number of benzene rings is 1. The van der Waals surface area contributed by atoms with E-state index in [-0.39, 0.29) is 5.97 Å². The molecule has 0 aliphatic heterocycles. The van der Waals surface area contributed by atoms with E-state index < -0.39 is 5.92 Å². The van der Waals surface area contributed by atoms with Crippen LogP contribution in [0.5, 0.6) is 5.75 Å². The smallest absolute Gasteiger partial charge is 0.315 e. The van der Waals surface area contributed by atoms with Gasteiger partial charge in [-0.25, -0.2) is 9.98 Å². The molecule has 1 aromatic carbocycles. The molecule has 1 heterocycles. The average Bonchev–Trinajstić information content (AvgIpc) is 3.19. The number of aryl methyl sites for hydroxylation is 1. The number of aliphatic imine (C=N–C) groups is 1. The van der Waals surface area contributed by atoms with E-state index in [0.717, 1.165) is 35.5 Å². The molecule has 1 aliphatic carbocycles. The molecule has 1 aromatic heterocycles. The van der Waals surface area contributed by atoms with Gasteiger partial charge in [0.25, 0.3) is 0 Å². The lowest BCUT2D eigenvalue weighted by molar-refractivity contribution is -0.145. The number of allylic oxidation sites excluding steroid dienone is 1. The lowest BCUT2D eigenvalue weighted by Gasteiger charge is -2.25. The first-order valence-electron chi connectivity index (χ1n) is 10.3. The summed E-state index contributed by atoms with van der Waals surface area (Å²) < 4.78 is 12.7. The first kappa shape index (κ1) is 22.1. The first-order valence-corrected chi connectivity index (χ1v) is 10.3. The standard InChI is InChI=1S/C23H29N5O3/c1-5-31-23(29)19-8-6-7-17(12-24)22(19)27-16(3)26-18-9-10-20(21(11-18)30-4)28-13-15(2)25-14-28/h9-14,19,26H,3,5-8,24H2,1-2,4H3/b17-12-,27-22+. The zero-order chi connectivity index (χ0) is 22.4. The van der Waals surface area contributed by atoms with Crippen molar-refractivity contribution in [3.63, 3.8) is 0 Å². The van der Waals surface area contributed by atoms with Crippen LogP contribution >= 0.6 is 0 Å². The zero-order valence-corrected chi connectivity index (χ0v) is 18.2. The fraction of sp³-hybridized carbons (Fsp3) is 0.348. The average molecular weight is 424 g/mol. The molecule has 0 spiro atoms. The van der Waals surface area contributed by atoms with Gasteiger partial charge in [0.1, 0.15) is 11.6 Å². The lowest BCUT2D eigenvalue weighted by Crippen LogP contribution is -2.31. The molecule has 1 saturated carbocycles. The number of methoxy groups -OCH3 is 1. The highest BCUT2D eigenvalue weighted by atomic mass is 16.5. The Hall–Kier alpha value is -3.55. The van der Waals surface area contributed by atoms with Gasteiger partial charge in [0, 0.05) is 18.0 Å². The highest BCUT2D eigenvalue weighted by Gasteiger charge is 2.31. The predicted octanol–water partition coefficient (Wildman–Crippen LogP) is 3.72. The molecule has 1 atom stereocenters. The van der Waals surface area contributed by atoms with Crippen molar-refractivity contribution in [1.29, 1.82) is 0 Å². The van der Waals surface area contributed by atoms with Crippen molar-refractivity contribution in [3.8, 4) is 11.4 Å². The second kappa shape index (κ2) is 9.97. The third-order valence-corrected chi connectivity index (χ3v) is 5.08. The third-order valence-electron chi connectivity index (χ3n) is 5.08. The molecule has 1 aliphatic rings. The molecule has 0 radical (unpaired) electrons. The molecule has 3 rings (SSSR count). The van der Waals surface area contributed by atoms with Crippen molar-refractivity contribution >= 4 is 17.4 Å². The van der Waals surface area contributed by atoms with Crippen LogP contribution in [0.3, 0.4) is 0 Å². The number of ether oxygens (including phenoxy) is 2. The molecule has 1 unspecified atom stereocenters. The highest BCUT2D eigenvalue weighted by molar-refractivity contribution is 6.12. The van der Waals surface area contributed by atoms with Gasteiger partial charge >= 0.3 is 5.97 Å². The minimum absolute atomic E-state index is 0.283. The number of nitrogens with zero attached hydrogens (tertiary/aromatic N) is 3. The minimum Gasteiger partial charge on any atom is -0.494 e. The Bertz CT molecular complexity index is 1020. The fourth-order valence-corrected chi connectivity index (χ4v) is 3.64. The van der Waals surface area contributed by atoms with Gasteiger partial charge in [0.05, 0.1) is 43.1 Å². The summed E-state index contributed by atoms with van der Waals surface area (Å²) in [7, 11) is 1.62. The Kier molecular flexibility index (Phi) is 7.12. The summed E-state index contributed by atoms with van der Waals surface area (Å²) in [6, 6.07) is 5.69. The Labute approximate surface area is 182 Å². The minimum atomic E-state index is -0.441. The van der Waals surface area contributed by atoms with Crippen LogP contribution in [0.1, 0.15) is 31.9 Å². The molecule has 31 heavy (non-hydrogen) atoms. The number of esters is 1. The van der Waals surface area contributed by atoms with Gasteiger partial charge in [0.15, 0.2) is 0 Å². The van der Waals surface area contributed by atoms with Crippen LogP contribution in [0.4, 0.5) is 5.69 Å². The Morgan fingerprint density at radius 1 is 1.48 bits per heavy atom. The second-order valence-electron chi connectivity index (χ2n) is 7.27. The number of hydrogen-bond donors (Lipinski definition) is 2. The summed E-state index contributed by atoms with van der Waals surface area (Å²) in [4.78, 5) is 21.3. The molecule has 8 heteroatoms. The molecule has 0 saturated heterocycles. The Morgan fingerprint density at radius 3 is 2.94 bits per heavy atom. The van der Waals surface area contributed by atoms with E-state index in [4.69, 9.17) is 15.2 Å². The van der Waals surface area contributed by atoms with E-state index in [1.165, 1.54) is 6.20 Å². The van der Waals surface area contributed by atoms with Crippen LogP contribution < -0.4 is 15.8 Å². The van der Waals surface area contributed by atoms with Crippen LogP contribution in [-0.4, -0.2) is 34.9 Å². The van der Waals surface area contributed by atoms with E-state index in [1.807, 2.05) is 35.9 Å². The summed E-state index contributed by atoms with van der Waals surface area (Å²) in [5.74, 6) is 0.351. The lowest BCUT2D eigenvalue weighted by atomic mass is 9.83. The summed E-state index contributed by atoms with van der Waals surface area (Å²) in [5.41, 5.74) is 9.80. The molecule has 2 aromatic rings. The van der Waals surface area contributed by atoms with Crippen LogP contribution in [-0.2, 0) is 9.53 Å². The maximum absolute atomic E-state index is 12.4. The number of rotatable bonds is 7. The highest BCUT2D eigenvalue weighted by Crippen LogP contribution is 2.30. The first-order chi connectivity index (χ1) is 15.0. The zero-order valence-electron chi connectivity index (χ0n) is 18.2. The molecular formula is C23H29N5O3. The fourth-order valence-electron chi connectivity index (χ4n) is 3.64. The summed E-state index contributed by atoms with van der Waals surface area (Å²) in [6.45, 7) is 8.07. The van der Waals surface area contributed by atoms with Crippen LogP contribution in [0.15, 0.2) is 59.9 Å². The number of hydrogen-bond acceptors (Lipinski definition) is 7. The number of imidazole rings is 1. The van der Waals surface area contributed by atoms with E-state index in [9.17, 15) is 4.79 Å². The molecular weight excluding hydrogens is 394 g/mol. The number of carbonyl (C=O) groups excluding carboxylic acids is 1. The number of aromatic nitrogens is 2. The van der Waals surface area contributed by atoms with E-state index in [2.05, 4.69) is 21.9 Å². The van der Waals surface area contributed by atoms with E-state index >= 15 is 0 Å². The molecule has 164 valence electrons. The van der Waals surface area contributed by atoms with Gasteiger partial charge in [-0.05, 0) is 57.0 Å². The molecule has 8 nitrogen and oxygen atoms in total. The van der Waals surface area contributed by atoms with Crippen molar-refractivity contribution in [2.75, 3.05) is 19.0 Å². The van der Waals surface area contributed by atoms with Crippen molar-refractivity contribution in [1.82, 2.24) is 9.55 Å². The number of nitrogens with two attached hydrogens (primary N) is 1. The van der Waals surface area contributed by atoms with Crippen LogP contribution in [0.25, 0.3) is 5.69 Å². The molecule has 3 N–H and O–H groups in total. The summed E-state index contributed by atoms with van der Waals surface area (Å²) >= 11 is 0. The van der Waals surface area contributed by atoms with Gasteiger partial charge < -0.3 is 25.1 Å². The summed E-state index contributed by atoms with van der Waals surface area (Å²) in [6.07, 6.45) is 7.49. The number of carbonyl (C=O) groups is 1. The van der Waals surface area contributed by atoms with Crippen LogP contribution in [0.2, 0.25) is 0 Å². The maximum atomic E-state index is 12.4. The van der Waals surface area contributed by atoms with Crippen molar-refractivity contribution < 1.29 is 14.3 Å². The van der Waals surface area contributed by atoms with Gasteiger partial charge in [0.2, 0.25) is 0 Å².